The van der Waals surface area contributed by atoms with Crippen LogP contribution in [0.1, 0.15) is 45.4 Å². The van der Waals surface area contributed by atoms with Gasteiger partial charge in [0.1, 0.15) is 5.78 Å². The van der Waals surface area contributed by atoms with Crippen LogP contribution >= 0.6 is 0 Å². The van der Waals surface area contributed by atoms with E-state index in [1.54, 1.807) is 0 Å². The number of carboxylic acid groups (broad SMARTS) is 1. The minimum atomic E-state index is -1.07. The number of hydrogen-bond donors (Lipinski definition) is 1. The molecule has 0 heterocycles. The first-order valence-electron chi connectivity index (χ1n) is 5.25. The van der Waals surface area contributed by atoms with E-state index in [0.717, 1.165) is 19.3 Å². The molecule has 0 amide bonds. The quantitative estimate of drug-likeness (QED) is 0.706. The molecule has 15 heavy (non-hydrogen) atoms. The van der Waals surface area contributed by atoms with Crippen LogP contribution in [-0.2, 0) is 9.59 Å². The van der Waals surface area contributed by atoms with Crippen molar-refractivity contribution in [2.75, 3.05) is 0 Å². The molecule has 1 aliphatic carbocycles. The molecule has 0 aromatic heterocycles. The summed E-state index contributed by atoms with van der Waals surface area (Å²) in [6.07, 6.45) is 4.67. The first-order chi connectivity index (χ1) is 7.02. The van der Waals surface area contributed by atoms with Gasteiger partial charge < -0.3 is 5.11 Å². The Labute approximate surface area is 89.9 Å². The minimum Gasteiger partial charge on any atom is -0.472 e. The lowest BCUT2D eigenvalue weighted by Crippen LogP contribution is -2.24. The number of carbonyl (C=O) groups excluding carboxylic acids is 1. The van der Waals surface area contributed by atoms with Gasteiger partial charge in [0.15, 0.2) is 0 Å². The molecule has 1 aliphatic rings. The molecule has 1 rings (SSSR count). The molecule has 1 saturated carbocycles. The van der Waals surface area contributed by atoms with Gasteiger partial charge in [0.25, 0.3) is 0 Å². The first-order valence-corrected chi connectivity index (χ1v) is 5.25. The van der Waals surface area contributed by atoms with Crippen LogP contribution in [0.4, 0.5) is 0 Å². The lowest BCUT2D eigenvalue weighted by Gasteiger charge is -2.32. The summed E-state index contributed by atoms with van der Waals surface area (Å²) in [5.41, 5.74) is 0.182. The van der Waals surface area contributed by atoms with Crippen molar-refractivity contribution >= 4 is 11.8 Å². The zero-order valence-corrected chi connectivity index (χ0v) is 9.01. The van der Waals surface area contributed by atoms with Crippen LogP contribution in [0.2, 0.25) is 0 Å². The number of rotatable bonds is 2. The van der Waals surface area contributed by atoms with Crippen LogP contribution in [0.5, 0.6) is 0 Å². The van der Waals surface area contributed by atoms with Gasteiger partial charge in [-0.3, -0.25) is 4.79 Å². The smallest absolute Gasteiger partial charge is 0.381 e. The summed E-state index contributed by atoms with van der Waals surface area (Å²) in [6, 6.07) is 0. The maximum Gasteiger partial charge on any atom is 0.381 e. The Morgan fingerprint density at radius 3 is 2.60 bits per heavy atom. The molecule has 1 fully saturated rings. The molecule has 0 radical (unpaired) electrons. The summed E-state index contributed by atoms with van der Waals surface area (Å²) in [7, 11) is 0. The van der Waals surface area contributed by atoms with E-state index >= 15 is 0 Å². The van der Waals surface area contributed by atoms with Gasteiger partial charge in [-0.1, -0.05) is 12.8 Å². The summed E-state index contributed by atoms with van der Waals surface area (Å²) in [5, 5.41) is 8.33. The zero-order chi connectivity index (χ0) is 11.3. The highest BCUT2D eigenvalue weighted by Gasteiger charge is 2.29. The summed E-state index contributed by atoms with van der Waals surface area (Å²) >= 11 is 0. The van der Waals surface area contributed by atoms with E-state index < -0.39 is 5.97 Å². The molecule has 0 aliphatic heterocycles. The van der Waals surface area contributed by atoms with E-state index in [0.29, 0.717) is 25.0 Å². The number of carbonyl (C=O) groups is 2. The fourth-order valence-corrected chi connectivity index (χ4v) is 1.88. The van der Waals surface area contributed by atoms with Gasteiger partial charge >= 0.3 is 5.97 Å². The van der Waals surface area contributed by atoms with Crippen LogP contribution < -0.4 is 0 Å². The predicted octanol–water partition coefficient (Wildman–Crippen LogP) is 2.00. The van der Waals surface area contributed by atoms with Crippen LogP contribution in [0.25, 0.3) is 0 Å². The maximum absolute atomic E-state index is 11.1. The maximum atomic E-state index is 11.1. The molecule has 82 valence electrons. The van der Waals surface area contributed by atoms with Crippen LogP contribution in [0, 0.1) is 17.3 Å². The second-order valence-electron chi connectivity index (χ2n) is 4.46. The SMILES string of the molecule is CC1(CCC#CC(=O)O)CCC(=O)CC1. The Hall–Kier alpha value is -1.30. The van der Waals surface area contributed by atoms with Crippen molar-refractivity contribution < 1.29 is 14.7 Å². The molecule has 0 aromatic rings. The van der Waals surface area contributed by atoms with Gasteiger partial charge in [-0.2, -0.15) is 0 Å². The lowest BCUT2D eigenvalue weighted by molar-refractivity contribution is -0.130. The van der Waals surface area contributed by atoms with Crippen molar-refractivity contribution in [3.8, 4) is 11.8 Å². The third-order valence-electron chi connectivity index (χ3n) is 3.06. The number of aliphatic carboxylic acids is 1. The molecule has 0 saturated heterocycles. The number of Topliss-reactive ketones (excluding diaryl/α,β-unsaturated/α-hetero) is 1. The second kappa shape index (κ2) is 4.97. The third kappa shape index (κ3) is 4.16. The molecule has 0 atom stereocenters. The van der Waals surface area contributed by atoms with Crippen molar-refractivity contribution in [2.24, 2.45) is 5.41 Å². The van der Waals surface area contributed by atoms with E-state index in [1.165, 1.54) is 0 Å². The third-order valence-corrected chi connectivity index (χ3v) is 3.06. The summed E-state index contributed by atoms with van der Waals surface area (Å²) in [5.74, 6) is 4.03. The molecular weight excluding hydrogens is 192 g/mol. The van der Waals surface area contributed by atoms with Crippen LogP contribution in [0.15, 0.2) is 0 Å². The topological polar surface area (TPSA) is 54.4 Å². The van der Waals surface area contributed by atoms with Gasteiger partial charge in [0.2, 0.25) is 0 Å². The molecular formula is C12H16O3. The predicted molar refractivity (Wildman–Crippen MR) is 56.2 cm³/mol. The zero-order valence-electron chi connectivity index (χ0n) is 9.01. The highest BCUT2D eigenvalue weighted by molar-refractivity contribution is 5.86. The Bertz CT molecular complexity index is 309. The van der Waals surface area contributed by atoms with E-state index in [-0.39, 0.29) is 5.41 Å². The number of carboxylic acids is 1. The standard InChI is InChI=1S/C12H16O3/c1-12(7-3-2-4-11(14)15)8-5-10(13)6-9-12/h3,5-9H2,1H3,(H,14,15). The van der Waals surface area contributed by atoms with Crippen molar-refractivity contribution in [3.63, 3.8) is 0 Å². The van der Waals surface area contributed by atoms with E-state index in [4.69, 9.17) is 5.11 Å². The second-order valence-corrected chi connectivity index (χ2v) is 4.46. The molecule has 0 bridgehead atoms. The average molecular weight is 208 g/mol. The fraction of sp³-hybridized carbons (Fsp3) is 0.667. The molecule has 0 unspecified atom stereocenters. The van der Waals surface area contributed by atoms with E-state index in [2.05, 4.69) is 18.8 Å². The van der Waals surface area contributed by atoms with Crippen molar-refractivity contribution in [1.29, 1.82) is 0 Å². The van der Waals surface area contributed by atoms with Crippen molar-refractivity contribution in [3.05, 3.63) is 0 Å². The van der Waals surface area contributed by atoms with Crippen LogP contribution in [-0.4, -0.2) is 16.9 Å². The minimum absolute atomic E-state index is 0.182. The largest absolute Gasteiger partial charge is 0.472 e. The fourth-order valence-electron chi connectivity index (χ4n) is 1.88. The monoisotopic (exact) mass is 208 g/mol. The molecule has 0 spiro atoms. The summed E-state index contributed by atoms with van der Waals surface area (Å²) in [4.78, 5) is 21.2. The Morgan fingerprint density at radius 1 is 1.47 bits per heavy atom. The summed E-state index contributed by atoms with van der Waals surface area (Å²) < 4.78 is 0. The van der Waals surface area contributed by atoms with Crippen molar-refractivity contribution in [2.45, 2.75) is 45.4 Å². The van der Waals surface area contributed by atoms with Gasteiger partial charge in [-0.25, -0.2) is 4.79 Å². The number of hydrogen-bond acceptors (Lipinski definition) is 2. The Balaban J connectivity index is 2.35. The van der Waals surface area contributed by atoms with Gasteiger partial charge in [0, 0.05) is 25.2 Å². The molecule has 3 nitrogen and oxygen atoms in total. The van der Waals surface area contributed by atoms with Gasteiger partial charge in [-0.15, -0.1) is 0 Å². The Morgan fingerprint density at radius 2 is 2.07 bits per heavy atom. The number of ketones is 1. The molecule has 1 N–H and O–H groups in total. The normalized spacial score (nSPS) is 19.1. The van der Waals surface area contributed by atoms with Gasteiger partial charge in [-0.05, 0) is 24.7 Å². The highest BCUT2D eigenvalue weighted by Crippen LogP contribution is 2.38. The average Bonchev–Trinajstić information content (AvgIpc) is 2.18. The first kappa shape index (κ1) is 11.8. The van der Waals surface area contributed by atoms with E-state index in [9.17, 15) is 9.59 Å². The summed E-state index contributed by atoms with van der Waals surface area (Å²) in [6.45, 7) is 2.15. The van der Waals surface area contributed by atoms with E-state index in [1.807, 2.05) is 0 Å². The van der Waals surface area contributed by atoms with Crippen LogP contribution in [0.3, 0.4) is 0 Å². The Kier molecular flexibility index (Phi) is 3.90. The highest BCUT2D eigenvalue weighted by atomic mass is 16.4. The lowest BCUT2D eigenvalue weighted by atomic mass is 9.72. The van der Waals surface area contributed by atoms with Gasteiger partial charge in [0.05, 0.1) is 0 Å². The molecule has 3 heteroatoms. The molecule has 0 aromatic carbocycles. The van der Waals surface area contributed by atoms with Crippen molar-refractivity contribution in [1.82, 2.24) is 0 Å².